The third-order valence-corrected chi connectivity index (χ3v) is 8.84. The van der Waals surface area contributed by atoms with Crippen molar-refractivity contribution in [3.63, 3.8) is 0 Å². The molecule has 2 aliphatic heterocycles. The Balaban J connectivity index is 1.89. The van der Waals surface area contributed by atoms with Crippen molar-refractivity contribution in [2.24, 2.45) is 0 Å². The lowest BCUT2D eigenvalue weighted by Crippen LogP contribution is -2.68. The van der Waals surface area contributed by atoms with Crippen molar-refractivity contribution >= 4 is 56.6 Å². The second kappa shape index (κ2) is 10.2. The number of esters is 2. The molecule has 0 bridgehead atoms. The van der Waals surface area contributed by atoms with Crippen LogP contribution in [-0.4, -0.2) is 66.4 Å². The van der Waals surface area contributed by atoms with E-state index in [4.69, 9.17) is 38.0 Å². The zero-order chi connectivity index (χ0) is 27.0. The molecule has 1 fully saturated rings. The van der Waals surface area contributed by atoms with Gasteiger partial charge in [0.2, 0.25) is 11.0 Å². The van der Waals surface area contributed by atoms with Crippen LogP contribution in [0.3, 0.4) is 0 Å². The predicted octanol–water partition coefficient (Wildman–Crippen LogP) is 2.47. The molecule has 4 rings (SSSR count). The number of hydrogen-bond acceptors (Lipinski definition) is 9. The number of alkyl halides is 1. The van der Waals surface area contributed by atoms with E-state index in [1.807, 2.05) is 0 Å². The molecule has 2 aromatic rings. The lowest BCUT2D eigenvalue weighted by molar-refractivity contribution is -0.157. The highest BCUT2D eigenvalue weighted by Gasteiger charge is 2.60. The van der Waals surface area contributed by atoms with Crippen LogP contribution in [0.4, 0.5) is 0 Å². The summed E-state index contributed by atoms with van der Waals surface area (Å²) in [4.78, 5) is 38.6. The van der Waals surface area contributed by atoms with Gasteiger partial charge in [0.25, 0.3) is 5.60 Å². The van der Waals surface area contributed by atoms with Crippen LogP contribution in [0.2, 0.25) is 0 Å². The summed E-state index contributed by atoms with van der Waals surface area (Å²) in [6, 6.07) is 16.9. The van der Waals surface area contributed by atoms with Crippen molar-refractivity contribution in [1.29, 1.82) is 0 Å². The number of hydrogen-bond donors (Lipinski definition) is 0. The molecule has 0 saturated carbocycles. The Labute approximate surface area is 223 Å². The van der Waals surface area contributed by atoms with Crippen molar-refractivity contribution in [2.45, 2.75) is 23.3 Å². The van der Waals surface area contributed by atoms with Gasteiger partial charge in [0, 0.05) is 23.6 Å². The van der Waals surface area contributed by atoms with Crippen LogP contribution < -0.4 is 0 Å². The predicted molar refractivity (Wildman–Crippen MR) is 137 cm³/mol. The fourth-order valence-corrected chi connectivity index (χ4v) is 7.30. The van der Waals surface area contributed by atoms with Gasteiger partial charge in [0.1, 0.15) is 17.7 Å². The molecular formula is C25H22ClNO8S2. The highest BCUT2D eigenvalue weighted by molar-refractivity contribution is 7.92. The zero-order valence-electron chi connectivity index (χ0n) is 19.8. The summed E-state index contributed by atoms with van der Waals surface area (Å²) < 4.78 is 42.3. The first-order valence-electron chi connectivity index (χ1n) is 11.0. The maximum Gasteiger partial charge on any atom is 0.359 e. The van der Waals surface area contributed by atoms with Crippen LogP contribution in [0.25, 0.3) is 0 Å². The molecule has 9 nitrogen and oxygen atoms in total. The fraction of sp³-hybridized carbons (Fsp3) is 0.280. The SMILES string of the molecule is COC(=O)C(OC(=S)C1=C(COC(C)=O)CS(=O)(=O)C2[C@@H](Cl)C(=O)N12)(c1ccccc1)c1ccccc1. The Hall–Kier alpha value is -3.28. The van der Waals surface area contributed by atoms with E-state index in [0.717, 1.165) is 11.8 Å². The van der Waals surface area contributed by atoms with Crippen LogP contribution in [-0.2, 0) is 44.0 Å². The first-order valence-corrected chi connectivity index (χ1v) is 13.6. The van der Waals surface area contributed by atoms with Crippen molar-refractivity contribution in [3.8, 4) is 0 Å². The summed E-state index contributed by atoms with van der Waals surface area (Å²) in [5.74, 6) is -2.75. The summed E-state index contributed by atoms with van der Waals surface area (Å²) in [7, 11) is -2.73. The standard InChI is InChI=1S/C25H22ClNO8S2/c1-15(28)34-13-16-14-37(31,32)22-19(26)21(29)27(22)20(16)23(36)35-25(24(30)33-2,17-9-5-3-6-10-17)18-11-7-4-8-12-18/h3-12,19,22H,13-14H2,1-2H3/t19-,22?/m0/s1. The number of benzene rings is 2. The normalized spacial score (nSPS) is 20.4. The summed E-state index contributed by atoms with van der Waals surface area (Å²) in [5.41, 5.74) is -1.22. The average Bonchev–Trinajstić information content (AvgIpc) is 2.89. The number of fused-ring (bicyclic) bond motifs is 1. The summed E-state index contributed by atoms with van der Waals surface area (Å²) in [6.45, 7) is 0.699. The van der Waals surface area contributed by atoms with Crippen molar-refractivity contribution in [2.75, 3.05) is 19.5 Å². The van der Waals surface area contributed by atoms with Crippen LogP contribution in [0.15, 0.2) is 71.9 Å². The fourth-order valence-electron chi connectivity index (χ4n) is 4.36. The number of carbonyl (C=O) groups is 3. The van der Waals surface area contributed by atoms with Gasteiger partial charge in [0.15, 0.2) is 15.2 Å². The average molecular weight is 564 g/mol. The minimum atomic E-state index is -3.92. The van der Waals surface area contributed by atoms with Gasteiger partial charge in [-0.2, -0.15) is 0 Å². The van der Waals surface area contributed by atoms with Crippen LogP contribution in [0, 0.1) is 0 Å². The van der Waals surface area contributed by atoms with Crippen LogP contribution in [0.1, 0.15) is 18.1 Å². The summed E-state index contributed by atoms with van der Waals surface area (Å²) in [6.07, 6.45) is 0. The van der Waals surface area contributed by atoms with E-state index >= 15 is 0 Å². The molecule has 0 radical (unpaired) electrons. The molecule has 12 heteroatoms. The Kier molecular flexibility index (Phi) is 7.40. The third-order valence-electron chi connectivity index (χ3n) is 6.02. The molecule has 1 unspecified atom stereocenters. The number of amides is 1. The molecule has 0 aromatic heterocycles. The second-order valence-electron chi connectivity index (χ2n) is 8.33. The topological polar surface area (TPSA) is 116 Å². The highest BCUT2D eigenvalue weighted by atomic mass is 35.5. The number of sulfone groups is 1. The lowest BCUT2D eigenvalue weighted by Gasteiger charge is -2.48. The smallest absolute Gasteiger partial charge is 0.359 e. The first-order chi connectivity index (χ1) is 17.5. The number of thiocarbonyl (C=S) groups is 1. The number of carbonyl (C=O) groups excluding carboxylic acids is 3. The molecule has 2 heterocycles. The number of rotatable bonds is 7. The number of nitrogens with zero attached hydrogens (tertiary/aromatic N) is 1. The van der Waals surface area contributed by atoms with Crippen molar-refractivity contribution in [3.05, 3.63) is 83.1 Å². The Morgan fingerprint density at radius 1 is 1.08 bits per heavy atom. The molecule has 1 amide bonds. The minimum absolute atomic E-state index is 0.0215. The minimum Gasteiger partial charge on any atom is -0.466 e. The largest absolute Gasteiger partial charge is 0.466 e. The van der Waals surface area contributed by atoms with E-state index in [2.05, 4.69) is 0 Å². The van der Waals surface area contributed by atoms with E-state index < -0.39 is 56.4 Å². The van der Waals surface area contributed by atoms with E-state index in [1.54, 1.807) is 60.7 Å². The number of β-lactam (4-membered cyclic amide) rings is 1. The van der Waals surface area contributed by atoms with Gasteiger partial charge < -0.3 is 14.2 Å². The molecule has 0 aliphatic carbocycles. The molecule has 2 atom stereocenters. The van der Waals surface area contributed by atoms with Crippen LogP contribution >= 0.6 is 23.8 Å². The van der Waals surface area contributed by atoms with Gasteiger partial charge in [-0.05, 0) is 12.2 Å². The Bertz CT molecular complexity index is 1350. The maximum atomic E-state index is 13.4. The summed E-state index contributed by atoms with van der Waals surface area (Å²) >= 11 is 11.7. The third kappa shape index (κ3) is 4.62. The molecule has 37 heavy (non-hydrogen) atoms. The lowest BCUT2D eigenvalue weighted by atomic mass is 9.86. The molecule has 2 aromatic carbocycles. The van der Waals surface area contributed by atoms with Gasteiger partial charge in [0.05, 0.1) is 12.9 Å². The van der Waals surface area contributed by atoms with Gasteiger partial charge in [-0.15, -0.1) is 11.6 Å². The Morgan fingerprint density at radius 2 is 1.62 bits per heavy atom. The second-order valence-corrected chi connectivity index (χ2v) is 11.3. The van der Waals surface area contributed by atoms with Gasteiger partial charge in [-0.1, -0.05) is 60.7 Å². The summed E-state index contributed by atoms with van der Waals surface area (Å²) in [5, 5.41) is -3.05. The zero-order valence-corrected chi connectivity index (χ0v) is 22.1. The quantitative estimate of drug-likeness (QED) is 0.217. The maximum absolute atomic E-state index is 13.4. The molecule has 194 valence electrons. The van der Waals surface area contributed by atoms with E-state index in [9.17, 15) is 22.8 Å². The molecule has 2 aliphatic rings. The van der Waals surface area contributed by atoms with Gasteiger partial charge in [-0.25, -0.2) is 13.2 Å². The van der Waals surface area contributed by atoms with Crippen molar-refractivity contribution in [1.82, 2.24) is 4.90 Å². The number of methoxy groups -OCH3 is 1. The van der Waals surface area contributed by atoms with E-state index in [0.29, 0.717) is 11.1 Å². The molecule has 0 N–H and O–H groups in total. The number of ether oxygens (including phenoxy) is 3. The monoisotopic (exact) mass is 563 g/mol. The molecular weight excluding hydrogens is 542 g/mol. The van der Waals surface area contributed by atoms with E-state index in [-0.39, 0.29) is 16.3 Å². The van der Waals surface area contributed by atoms with Crippen molar-refractivity contribution < 1.29 is 37.0 Å². The molecule has 0 spiro atoms. The van der Waals surface area contributed by atoms with Gasteiger partial charge in [-0.3, -0.25) is 14.5 Å². The van der Waals surface area contributed by atoms with Crippen LogP contribution in [0.5, 0.6) is 0 Å². The highest BCUT2D eigenvalue weighted by Crippen LogP contribution is 2.42. The molecule has 1 saturated heterocycles. The van der Waals surface area contributed by atoms with Gasteiger partial charge >= 0.3 is 11.9 Å². The number of halogens is 1. The van der Waals surface area contributed by atoms with E-state index in [1.165, 1.54) is 7.11 Å². The first kappa shape index (κ1) is 26.8. The Morgan fingerprint density at radius 3 is 2.11 bits per heavy atom.